The van der Waals surface area contributed by atoms with E-state index >= 15 is 0 Å². The number of anilines is 1. The average Bonchev–Trinajstić information content (AvgIpc) is 3.59. The standard InChI is InChI=1S/C25H32N2O2/c1-2-3-19-4-6-20(7-5-19)21-10-12-23(13-11-21)27(24(28)22-8-9-22)18-25(26)14-16-29-17-15-25/h4-7,10-13,22H,2-3,8-9,14-18,26H2,1H3. The molecule has 1 saturated carbocycles. The predicted octanol–water partition coefficient (Wildman–Crippen LogP) is 4.56. The fourth-order valence-electron chi connectivity index (χ4n) is 4.08. The number of carbonyl (C=O) groups excluding carboxylic acids is 1. The van der Waals surface area contributed by atoms with Gasteiger partial charge in [-0.3, -0.25) is 4.79 Å². The van der Waals surface area contributed by atoms with Crippen LogP contribution in [0.1, 0.15) is 44.6 Å². The Morgan fingerprint density at radius 3 is 2.17 bits per heavy atom. The number of rotatable bonds is 7. The molecular formula is C25H32N2O2. The van der Waals surface area contributed by atoms with E-state index in [1.807, 2.05) is 4.90 Å². The molecule has 4 rings (SSSR count). The molecule has 1 saturated heterocycles. The van der Waals surface area contributed by atoms with Crippen LogP contribution >= 0.6 is 0 Å². The van der Waals surface area contributed by atoms with Crippen molar-refractivity contribution in [3.05, 3.63) is 54.1 Å². The Kier molecular flexibility index (Phi) is 6.02. The van der Waals surface area contributed by atoms with Gasteiger partial charge in [-0.15, -0.1) is 0 Å². The molecule has 1 aliphatic carbocycles. The van der Waals surface area contributed by atoms with Crippen LogP contribution in [-0.2, 0) is 16.0 Å². The fourth-order valence-corrected chi connectivity index (χ4v) is 4.08. The van der Waals surface area contributed by atoms with Crippen molar-refractivity contribution in [1.29, 1.82) is 0 Å². The van der Waals surface area contributed by atoms with Crippen LogP contribution in [0.2, 0.25) is 0 Å². The second kappa shape index (κ2) is 8.68. The van der Waals surface area contributed by atoms with E-state index in [4.69, 9.17) is 10.5 Å². The van der Waals surface area contributed by atoms with Crippen molar-refractivity contribution in [3.8, 4) is 11.1 Å². The van der Waals surface area contributed by atoms with Crippen molar-refractivity contribution >= 4 is 11.6 Å². The first-order valence-corrected chi connectivity index (χ1v) is 11.0. The molecular weight excluding hydrogens is 360 g/mol. The summed E-state index contributed by atoms with van der Waals surface area (Å²) in [5, 5.41) is 0. The quantitative estimate of drug-likeness (QED) is 0.752. The van der Waals surface area contributed by atoms with E-state index in [1.54, 1.807) is 0 Å². The maximum atomic E-state index is 13.0. The zero-order chi connectivity index (χ0) is 20.3. The monoisotopic (exact) mass is 392 g/mol. The first kappa shape index (κ1) is 20.1. The largest absolute Gasteiger partial charge is 0.381 e. The van der Waals surface area contributed by atoms with Gasteiger partial charge in [-0.2, -0.15) is 0 Å². The van der Waals surface area contributed by atoms with E-state index in [0.29, 0.717) is 19.8 Å². The molecule has 1 heterocycles. The molecule has 29 heavy (non-hydrogen) atoms. The SMILES string of the molecule is CCCc1ccc(-c2ccc(N(CC3(N)CCOCC3)C(=O)C3CC3)cc2)cc1. The van der Waals surface area contributed by atoms with Crippen LogP contribution in [0.5, 0.6) is 0 Å². The molecule has 1 amide bonds. The Balaban J connectivity index is 1.53. The summed E-state index contributed by atoms with van der Waals surface area (Å²) in [6.45, 7) is 4.12. The highest BCUT2D eigenvalue weighted by Gasteiger charge is 2.38. The molecule has 0 atom stereocenters. The summed E-state index contributed by atoms with van der Waals surface area (Å²) in [6.07, 6.45) is 5.86. The molecule has 2 aromatic carbocycles. The smallest absolute Gasteiger partial charge is 0.230 e. The summed E-state index contributed by atoms with van der Waals surface area (Å²) in [7, 11) is 0. The van der Waals surface area contributed by atoms with Gasteiger partial charge < -0.3 is 15.4 Å². The van der Waals surface area contributed by atoms with Crippen LogP contribution < -0.4 is 10.6 Å². The van der Waals surface area contributed by atoms with Crippen molar-refractivity contribution in [2.45, 2.75) is 51.0 Å². The normalized spacial score (nSPS) is 18.4. The molecule has 1 aliphatic heterocycles. The molecule has 0 radical (unpaired) electrons. The fraction of sp³-hybridized carbons (Fsp3) is 0.480. The van der Waals surface area contributed by atoms with Crippen LogP contribution in [0.3, 0.4) is 0 Å². The van der Waals surface area contributed by atoms with E-state index in [-0.39, 0.29) is 17.4 Å². The van der Waals surface area contributed by atoms with Gasteiger partial charge >= 0.3 is 0 Å². The van der Waals surface area contributed by atoms with Gasteiger partial charge in [0, 0.05) is 36.9 Å². The number of hydrogen-bond donors (Lipinski definition) is 1. The Labute approximate surface area is 174 Å². The van der Waals surface area contributed by atoms with Crippen LogP contribution in [0.15, 0.2) is 48.5 Å². The lowest BCUT2D eigenvalue weighted by atomic mass is 9.90. The van der Waals surface area contributed by atoms with Crippen LogP contribution in [0.4, 0.5) is 5.69 Å². The Morgan fingerprint density at radius 1 is 1.03 bits per heavy atom. The van der Waals surface area contributed by atoms with Crippen molar-refractivity contribution in [3.63, 3.8) is 0 Å². The Morgan fingerprint density at radius 2 is 1.62 bits per heavy atom. The van der Waals surface area contributed by atoms with Gasteiger partial charge in [0.2, 0.25) is 5.91 Å². The molecule has 0 unspecified atom stereocenters. The molecule has 4 nitrogen and oxygen atoms in total. The number of aryl methyl sites for hydroxylation is 1. The van der Waals surface area contributed by atoms with Gasteiger partial charge in [0.15, 0.2) is 0 Å². The van der Waals surface area contributed by atoms with E-state index < -0.39 is 0 Å². The molecule has 2 N–H and O–H groups in total. The average molecular weight is 393 g/mol. The third kappa shape index (κ3) is 4.88. The van der Waals surface area contributed by atoms with Crippen molar-refractivity contribution in [1.82, 2.24) is 0 Å². The lowest BCUT2D eigenvalue weighted by molar-refractivity contribution is -0.120. The number of ether oxygens (including phenoxy) is 1. The van der Waals surface area contributed by atoms with Crippen molar-refractivity contribution in [2.75, 3.05) is 24.7 Å². The summed E-state index contributed by atoms with van der Waals surface area (Å²) in [5.74, 6) is 0.391. The summed E-state index contributed by atoms with van der Waals surface area (Å²) in [4.78, 5) is 14.9. The topological polar surface area (TPSA) is 55.6 Å². The van der Waals surface area contributed by atoms with Crippen molar-refractivity contribution < 1.29 is 9.53 Å². The number of amides is 1. The van der Waals surface area contributed by atoms with Crippen LogP contribution in [0, 0.1) is 5.92 Å². The van der Waals surface area contributed by atoms with Gasteiger partial charge in [-0.05, 0) is 60.9 Å². The predicted molar refractivity (Wildman–Crippen MR) is 118 cm³/mol. The summed E-state index contributed by atoms with van der Waals surface area (Å²) >= 11 is 0. The third-order valence-electron chi connectivity index (χ3n) is 6.16. The molecule has 4 heteroatoms. The number of hydrogen-bond acceptors (Lipinski definition) is 3. The Bertz CT molecular complexity index is 819. The van der Waals surface area contributed by atoms with E-state index in [2.05, 4.69) is 55.5 Å². The minimum Gasteiger partial charge on any atom is -0.381 e. The maximum absolute atomic E-state index is 13.0. The highest BCUT2D eigenvalue weighted by Crippen LogP contribution is 2.35. The van der Waals surface area contributed by atoms with Crippen LogP contribution in [-0.4, -0.2) is 31.2 Å². The summed E-state index contributed by atoms with van der Waals surface area (Å²) in [5.41, 5.74) is 11.0. The molecule has 2 aromatic rings. The zero-order valence-electron chi connectivity index (χ0n) is 17.4. The first-order valence-electron chi connectivity index (χ1n) is 11.0. The summed E-state index contributed by atoms with van der Waals surface area (Å²) < 4.78 is 5.48. The minimum atomic E-state index is -0.365. The van der Waals surface area contributed by atoms with Crippen molar-refractivity contribution in [2.24, 2.45) is 11.7 Å². The number of carbonyl (C=O) groups is 1. The zero-order valence-corrected chi connectivity index (χ0v) is 17.4. The molecule has 0 spiro atoms. The lowest BCUT2D eigenvalue weighted by Crippen LogP contribution is -2.55. The number of nitrogens with zero attached hydrogens (tertiary/aromatic N) is 1. The number of benzene rings is 2. The van der Waals surface area contributed by atoms with Gasteiger partial charge in [0.05, 0.1) is 0 Å². The first-order chi connectivity index (χ1) is 14.1. The van der Waals surface area contributed by atoms with E-state index in [0.717, 1.165) is 44.2 Å². The molecule has 2 aliphatic rings. The van der Waals surface area contributed by atoms with Gasteiger partial charge in [0.25, 0.3) is 0 Å². The van der Waals surface area contributed by atoms with E-state index in [9.17, 15) is 4.79 Å². The second-order valence-electron chi connectivity index (χ2n) is 8.67. The van der Waals surface area contributed by atoms with Gasteiger partial charge in [-0.25, -0.2) is 0 Å². The maximum Gasteiger partial charge on any atom is 0.230 e. The Hall–Kier alpha value is -2.17. The highest BCUT2D eigenvalue weighted by molar-refractivity contribution is 5.96. The minimum absolute atomic E-state index is 0.171. The number of nitrogens with two attached hydrogens (primary N) is 1. The molecule has 154 valence electrons. The molecule has 0 bridgehead atoms. The highest BCUT2D eigenvalue weighted by atomic mass is 16.5. The van der Waals surface area contributed by atoms with Crippen LogP contribution in [0.25, 0.3) is 11.1 Å². The molecule has 0 aromatic heterocycles. The van der Waals surface area contributed by atoms with Gasteiger partial charge in [-0.1, -0.05) is 49.7 Å². The summed E-state index contributed by atoms with van der Waals surface area (Å²) in [6, 6.07) is 17.2. The van der Waals surface area contributed by atoms with Gasteiger partial charge in [0.1, 0.15) is 0 Å². The van der Waals surface area contributed by atoms with E-state index in [1.165, 1.54) is 16.7 Å². The third-order valence-corrected chi connectivity index (χ3v) is 6.16. The molecule has 2 fully saturated rings. The second-order valence-corrected chi connectivity index (χ2v) is 8.67. The lowest BCUT2D eigenvalue weighted by Gasteiger charge is -2.38.